The van der Waals surface area contributed by atoms with Crippen LogP contribution in [0.5, 0.6) is 11.5 Å². The molecule has 2 heterocycles. The van der Waals surface area contributed by atoms with Gasteiger partial charge in [0.15, 0.2) is 5.78 Å². The first-order valence-electron chi connectivity index (χ1n) is 19.6. The van der Waals surface area contributed by atoms with Gasteiger partial charge in [-0.05, 0) is 79.3 Å². The van der Waals surface area contributed by atoms with Crippen molar-refractivity contribution in [2.24, 2.45) is 21.7 Å². The summed E-state index contributed by atoms with van der Waals surface area (Å²) in [5, 5.41) is 14.0. The van der Waals surface area contributed by atoms with E-state index in [-0.39, 0.29) is 53.3 Å². The molecule has 1 radical (unpaired) electrons. The summed E-state index contributed by atoms with van der Waals surface area (Å²) in [5.74, 6) is 1.91. The monoisotopic (exact) mass is 858 g/mol. The number of pyridine rings is 1. The van der Waals surface area contributed by atoms with Gasteiger partial charge < -0.3 is 9.84 Å². The fourth-order valence-corrected chi connectivity index (χ4v) is 6.48. The third-order valence-electron chi connectivity index (χ3n) is 10.5. The van der Waals surface area contributed by atoms with Crippen molar-refractivity contribution in [1.29, 1.82) is 0 Å². The standard InChI is InChI=1S/C30H32NO.C15H28O2.Ir/c1-18-8-9-22-21(12-18)15-23-27-26-20(10-11-31-27)13-19(16-29(2,3)4)14-25(26)32-28(23)24(22)17-30(5,6)7;1-7-14(5,8-2)12(16)11-13(17)15(6,9-3)10-4;/h8-14H,16-17H2,1-7H3;11,16H,7-10H2,1-6H3;/q-1;;/b;12-11-;/i1D3;;. The molecular weight excluding hydrogens is 795 g/mol. The number of hydrogen-bond acceptors (Lipinski definition) is 4. The summed E-state index contributed by atoms with van der Waals surface area (Å²) in [6.07, 6.45) is 8.32. The van der Waals surface area contributed by atoms with Crippen LogP contribution < -0.4 is 4.74 Å². The fourth-order valence-electron chi connectivity index (χ4n) is 6.48. The Morgan fingerprint density at radius 3 is 2.06 bits per heavy atom. The molecule has 4 nitrogen and oxygen atoms in total. The van der Waals surface area contributed by atoms with Crippen molar-refractivity contribution in [3.63, 3.8) is 0 Å². The van der Waals surface area contributed by atoms with E-state index in [0.29, 0.717) is 5.56 Å². The molecule has 0 saturated heterocycles. The molecule has 0 saturated carbocycles. The van der Waals surface area contributed by atoms with Crippen molar-refractivity contribution < 1.29 is 38.9 Å². The van der Waals surface area contributed by atoms with Gasteiger partial charge in [0.25, 0.3) is 0 Å². The van der Waals surface area contributed by atoms with E-state index in [1.54, 1.807) is 12.1 Å². The predicted molar refractivity (Wildman–Crippen MR) is 208 cm³/mol. The molecule has 0 amide bonds. The number of aliphatic hydroxyl groups is 1. The average molecular weight is 858 g/mol. The molecule has 5 heteroatoms. The van der Waals surface area contributed by atoms with Crippen LogP contribution in [-0.2, 0) is 37.7 Å². The molecule has 0 unspecified atom stereocenters. The first kappa shape index (κ1) is 36.8. The molecule has 1 N–H and O–H groups in total. The molecule has 1 aromatic heterocycles. The Morgan fingerprint density at radius 2 is 1.50 bits per heavy atom. The van der Waals surface area contributed by atoms with E-state index in [1.165, 1.54) is 11.6 Å². The van der Waals surface area contributed by atoms with Crippen molar-refractivity contribution in [2.45, 2.75) is 128 Å². The van der Waals surface area contributed by atoms with Gasteiger partial charge in [0.2, 0.25) is 0 Å². The topological polar surface area (TPSA) is 59.4 Å². The second-order valence-corrected chi connectivity index (χ2v) is 16.9. The summed E-state index contributed by atoms with van der Waals surface area (Å²) in [7, 11) is 0. The van der Waals surface area contributed by atoms with Gasteiger partial charge in [-0.3, -0.25) is 9.78 Å². The second kappa shape index (κ2) is 15.7. The number of rotatable bonds is 9. The largest absolute Gasteiger partial charge is 0.512 e. The van der Waals surface area contributed by atoms with Crippen molar-refractivity contribution in [1.82, 2.24) is 4.98 Å². The van der Waals surface area contributed by atoms with Gasteiger partial charge in [-0.2, -0.15) is 0 Å². The van der Waals surface area contributed by atoms with Crippen LogP contribution in [0.3, 0.4) is 0 Å². The van der Waals surface area contributed by atoms with Gasteiger partial charge in [0, 0.05) is 58.4 Å². The summed E-state index contributed by atoms with van der Waals surface area (Å²) in [5.41, 5.74) is 3.84. The van der Waals surface area contributed by atoms with E-state index in [2.05, 4.69) is 59.7 Å². The van der Waals surface area contributed by atoms with Gasteiger partial charge in [0.1, 0.15) is 11.5 Å². The molecule has 4 aromatic rings. The maximum atomic E-state index is 12.2. The third kappa shape index (κ3) is 9.07. The maximum Gasteiger partial charge on any atom is 0.164 e. The van der Waals surface area contributed by atoms with E-state index < -0.39 is 6.85 Å². The Hall–Kier alpha value is -3.01. The van der Waals surface area contributed by atoms with Gasteiger partial charge in [-0.25, -0.2) is 0 Å². The Kier molecular flexibility index (Phi) is 11.5. The number of hydrogen-bond donors (Lipinski definition) is 1. The first-order chi connectivity index (χ1) is 24.0. The molecule has 5 rings (SSSR count). The summed E-state index contributed by atoms with van der Waals surface area (Å²) < 4.78 is 30.4. The van der Waals surface area contributed by atoms with Gasteiger partial charge in [-0.15, -0.1) is 17.5 Å². The number of aliphatic hydroxyl groups excluding tert-OH is 1. The number of ether oxygens (including phenoxy) is 1. The van der Waals surface area contributed by atoms with E-state index >= 15 is 0 Å². The van der Waals surface area contributed by atoms with E-state index in [4.69, 9.17) is 13.8 Å². The number of fused-ring (bicyclic) bond motifs is 3. The Balaban J connectivity index is 0.000000359. The minimum absolute atomic E-state index is 0. The summed E-state index contributed by atoms with van der Waals surface area (Å²) in [6, 6.07) is 15.3. The molecule has 3 aromatic carbocycles. The normalized spacial score (nSPS) is 14.4. The van der Waals surface area contributed by atoms with E-state index in [9.17, 15) is 9.90 Å². The van der Waals surface area contributed by atoms with E-state index in [1.807, 2.05) is 59.9 Å². The summed E-state index contributed by atoms with van der Waals surface area (Å²) in [6.45, 7) is 23.3. The Labute approximate surface area is 320 Å². The summed E-state index contributed by atoms with van der Waals surface area (Å²) >= 11 is 0. The zero-order valence-electron chi connectivity index (χ0n) is 35.4. The molecule has 273 valence electrons. The number of carbonyl (C=O) groups is 1. The number of benzene rings is 3. The smallest absolute Gasteiger partial charge is 0.164 e. The number of aryl methyl sites for hydroxylation is 1. The zero-order valence-corrected chi connectivity index (χ0v) is 34.8. The van der Waals surface area contributed by atoms with Crippen LogP contribution in [0.4, 0.5) is 0 Å². The van der Waals surface area contributed by atoms with Crippen LogP contribution in [0.1, 0.15) is 130 Å². The molecule has 1 aliphatic heterocycles. The number of carbonyl (C=O) groups excluding carboxylic acids is 1. The Bertz CT molecular complexity index is 1970. The minimum atomic E-state index is -2.17. The van der Waals surface area contributed by atoms with E-state index in [0.717, 1.165) is 88.4 Å². The molecule has 0 spiro atoms. The molecule has 50 heavy (non-hydrogen) atoms. The zero-order chi connectivity index (χ0) is 39.0. The molecular formula is C45H60IrNO3-. The number of nitrogens with zero attached hydrogens (tertiary/aromatic N) is 1. The second-order valence-electron chi connectivity index (χ2n) is 16.9. The minimum Gasteiger partial charge on any atom is -0.512 e. The fraction of sp³-hybridized carbons (Fsp3) is 0.511. The van der Waals surface area contributed by atoms with Crippen molar-refractivity contribution >= 4 is 27.3 Å². The number of ketones is 1. The van der Waals surface area contributed by atoms with Crippen molar-refractivity contribution in [3.8, 4) is 22.8 Å². The maximum absolute atomic E-state index is 12.2. The van der Waals surface area contributed by atoms with Crippen LogP contribution in [0.2, 0.25) is 0 Å². The van der Waals surface area contributed by atoms with Crippen LogP contribution in [0, 0.1) is 34.6 Å². The molecule has 0 fully saturated rings. The first-order valence-corrected chi connectivity index (χ1v) is 18.1. The quantitative estimate of drug-likeness (QED) is 0.0911. The molecule has 1 aliphatic rings. The van der Waals surface area contributed by atoms with Crippen molar-refractivity contribution in [3.05, 3.63) is 77.2 Å². The van der Waals surface area contributed by atoms with Crippen LogP contribution >= 0.6 is 0 Å². The van der Waals surface area contributed by atoms with Gasteiger partial charge in [0.05, 0.1) is 5.75 Å². The predicted octanol–water partition coefficient (Wildman–Crippen LogP) is 13.1. The molecule has 0 aliphatic carbocycles. The van der Waals surface area contributed by atoms with Crippen LogP contribution in [0.25, 0.3) is 32.8 Å². The summed E-state index contributed by atoms with van der Waals surface area (Å²) in [4.78, 5) is 17.0. The molecule has 0 atom stereocenters. The number of aromatic nitrogens is 1. The van der Waals surface area contributed by atoms with Crippen LogP contribution in [0.15, 0.2) is 54.4 Å². The molecule has 0 bridgehead atoms. The van der Waals surface area contributed by atoms with Crippen molar-refractivity contribution in [2.75, 3.05) is 0 Å². The van der Waals surface area contributed by atoms with Crippen LogP contribution in [-0.4, -0.2) is 15.9 Å². The average Bonchev–Trinajstić information content (AvgIpc) is 3.06. The van der Waals surface area contributed by atoms with Gasteiger partial charge >= 0.3 is 0 Å². The Morgan fingerprint density at radius 1 is 0.880 bits per heavy atom. The van der Waals surface area contributed by atoms with Gasteiger partial charge in [-0.1, -0.05) is 123 Å². The third-order valence-corrected chi connectivity index (χ3v) is 10.5. The number of allylic oxidation sites excluding steroid dienone is 2. The SMILES string of the molecule is CCC(C)(CC)C(=O)/C=C(\O)C(C)(CC)CC.[2H]C([2H])([2H])c1ccc2c(CC(C)(C)C)c3c([c-]c2c1)-c1nccc2cc(CC(C)(C)C)cc(c12)O3.[Ir].